The third-order valence-corrected chi connectivity index (χ3v) is 9.45. The first kappa shape index (κ1) is 26.9. The lowest BCUT2D eigenvalue weighted by Gasteiger charge is -2.31. The van der Waals surface area contributed by atoms with Crippen LogP contribution >= 0.6 is 0 Å². The van der Waals surface area contributed by atoms with Gasteiger partial charge < -0.3 is 20.1 Å². The summed E-state index contributed by atoms with van der Waals surface area (Å²) in [6.45, 7) is -1.38. The molecule has 4 fully saturated rings. The smallest absolute Gasteiger partial charge is 0.319 e. The van der Waals surface area contributed by atoms with Gasteiger partial charge in [-0.15, -0.1) is 6.42 Å². The molecule has 1 aliphatic carbocycles. The van der Waals surface area contributed by atoms with Gasteiger partial charge >= 0.3 is 6.01 Å². The third-order valence-electron chi connectivity index (χ3n) is 9.45. The van der Waals surface area contributed by atoms with Crippen LogP contribution in [0.1, 0.15) is 34.0 Å². The molecular formula is C33H29F5N6O2. The first-order chi connectivity index (χ1) is 22.9. The molecule has 0 bridgehead atoms. The molecule has 0 amide bonds. The largest absolute Gasteiger partial charge is 0.461 e. The van der Waals surface area contributed by atoms with Crippen molar-refractivity contribution in [2.24, 2.45) is 0 Å². The summed E-state index contributed by atoms with van der Waals surface area (Å²) in [6, 6.07) is 2.31. The highest BCUT2D eigenvalue weighted by Crippen LogP contribution is 2.44. The first-order valence-corrected chi connectivity index (χ1v) is 15.1. The summed E-state index contributed by atoms with van der Waals surface area (Å²) in [5.74, 6) is -1.36. The number of rotatable bonds is 5. The van der Waals surface area contributed by atoms with Gasteiger partial charge in [0, 0.05) is 49.0 Å². The molecule has 3 aliphatic heterocycles. The summed E-state index contributed by atoms with van der Waals surface area (Å²) in [5.41, 5.74) is 3.68. The van der Waals surface area contributed by atoms with Crippen LogP contribution in [0, 0.1) is 29.8 Å². The van der Waals surface area contributed by atoms with Crippen LogP contribution in [0.2, 0.25) is 0 Å². The molecule has 0 spiro atoms. The van der Waals surface area contributed by atoms with Crippen LogP contribution in [0.4, 0.5) is 33.5 Å². The molecule has 8 rings (SSSR count). The molecule has 3 saturated heterocycles. The number of hydrogen-bond donors (Lipinski definition) is 1. The van der Waals surface area contributed by atoms with Gasteiger partial charge in [0.25, 0.3) is 0 Å². The molecule has 2 aromatic heterocycles. The molecule has 46 heavy (non-hydrogen) atoms. The van der Waals surface area contributed by atoms with E-state index in [0.717, 1.165) is 6.07 Å². The fourth-order valence-corrected chi connectivity index (χ4v) is 7.33. The third kappa shape index (κ3) is 4.45. The van der Waals surface area contributed by atoms with Crippen LogP contribution in [0.5, 0.6) is 6.01 Å². The molecule has 2 aromatic carbocycles. The average molecular weight is 639 g/mol. The lowest BCUT2D eigenvalue weighted by molar-refractivity contribution is 0.105. The number of alkyl halides is 2. The van der Waals surface area contributed by atoms with Crippen molar-refractivity contribution >= 4 is 33.2 Å². The lowest BCUT2D eigenvalue weighted by Crippen LogP contribution is -2.43. The quantitative estimate of drug-likeness (QED) is 0.184. The van der Waals surface area contributed by atoms with Gasteiger partial charge in [-0.1, -0.05) is 5.92 Å². The van der Waals surface area contributed by atoms with Crippen molar-refractivity contribution in [2.45, 2.75) is 55.7 Å². The Bertz CT molecular complexity index is 2050. The van der Waals surface area contributed by atoms with Gasteiger partial charge in [0.15, 0.2) is 23.6 Å². The summed E-state index contributed by atoms with van der Waals surface area (Å²) < 4.78 is 105. The highest BCUT2D eigenvalue weighted by atomic mass is 19.2. The molecule has 5 atom stereocenters. The van der Waals surface area contributed by atoms with E-state index in [1.807, 2.05) is 0 Å². The number of anilines is 2. The number of nitrogen functional groups attached to an aromatic ring is 1. The Kier molecular flexibility index (Phi) is 6.22. The van der Waals surface area contributed by atoms with Crippen molar-refractivity contribution in [1.82, 2.24) is 19.9 Å². The predicted molar refractivity (Wildman–Crippen MR) is 161 cm³/mol. The zero-order valence-electron chi connectivity index (χ0n) is 26.4. The Balaban J connectivity index is 1.33. The number of benzene rings is 2. The number of hydrogen-bond acceptors (Lipinski definition) is 8. The molecular weight excluding hydrogens is 607 g/mol. The fraction of sp³-hybridized carbons (Fsp3) is 0.424. The Morgan fingerprint density at radius 3 is 2.83 bits per heavy atom. The highest BCUT2D eigenvalue weighted by molar-refractivity contribution is 6.04. The molecule has 13 heteroatoms. The van der Waals surface area contributed by atoms with E-state index in [1.54, 1.807) is 9.80 Å². The first-order valence-electron chi connectivity index (χ1n) is 16.1. The fourth-order valence-electron chi connectivity index (χ4n) is 7.33. The van der Waals surface area contributed by atoms with E-state index in [-0.39, 0.29) is 63.9 Å². The van der Waals surface area contributed by atoms with E-state index in [4.69, 9.17) is 24.4 Å². The van der Waals surface area contributed by atoms with Gasteiger partial charge in [0.2, 0.25) is 0 Å². The van der Waals surface area contributed by atoms with E-state index in [0.29, 0.717) is 32.4 Å². The van der Waals surface area contributed by atoms with Crippen LogP contribution in [-0.2, 0) is 4.74 Å². The van der Waals surface area contributed by atoms with E-state index >= 15 is 4.39 Å². The highest BCUT2D eigenvalue weighted by Gasteiger charge is 2.58. The van der Waals surface area contributed by atoms with Crippen LogP contribution in [-0.4, -0.2) is 82.7 Å². The number of terminal acetylenes is 1. The van der Waals surface area contributed by atoms with Crippen LogP contribution < -0.4 is 15.4 Å². The minimum Gasteiger partial charge on any atom is -0.461 e. The minimum atomic E-state index is -2.50. The number of nitrogens with two attached hydrogens (primary N) is 1. The number of aromatic nitrogens is 3. The molecule has 1 saturated carbocycles. The van der Waals surface area contributed by atoms with E-state index in [1.165, 1.54) is 18.3 Å². The second kappa shape index (κ2) is 10.6. The summed E-state index contributed by atoms with van der Waals surface area (Å²) in [6.07, 6.45) is 4.87. The summed E-state index contributed by atoms with van der Waals surface area (Å²) in [4.78, 5) is 16.5. The maximum atomic E-state index is 16.9. The van der Waals surface area contributed by atoms with Gasteiger partial charge in [-0.3, -0.25) is 9.88 Å². The SMILES string of the molecule is [2H]C([2H])(Oc1nc(N2CCCO[C@@H]3[C@H](F)[C@@H]32)c2cnc(-c3cc(N)cc4cc(F)c(F)c(C#C)c34)c(F)c2n1)[C@@]12CCCN1C[C@H](F)C2. The molecule has 8 nitrogen and oxygen atoms in total. The second-order valence-electron chi connectivity index (χ2n) is 12.3. The zero-order valence-corrected chi connectivity index (χ0v) is 24.4. The van der Waals surface area contributed by atoms with E-state index in [2.05, 4.69) is 20.9 Å². The molecule has 2 N–H and O–H groups in total. The molecule has 4 aromatic rings. The number of fused-ring (bicyclic) bond motifs is 4. The van der Waals surface area contributed by atoms with Crippen molar-refractivity contribution < 1.29 is 34.2 Å². The molecule has 5 heterocycles. The van der Waals surface area contributed by atoms with Crippen molar-refractivity contribution in [3.05, 3.63) is 47.4 Å². The average Bonchev–Trinajstić information content (AvgIpc) is 3.39. The Labute approximate surface area is 263 Å². The maximum absolute atomic E-state index is 16.9. The molecule has 4 aliphatic rings. The normalized spacial score (nSPS) is 28.4. The van der Waals surface area contributed by atoms with Crippen LogP contribution in [0.25, 0.3) is 32.9 Å². The van der Waals surface area contributed by atoms with Crippen molar-refractivity contribution in [2.75, 3.05) is 43.4 Å². The molecule has 0 radical (unpaired) electrons. The maximum Gasteiger partial charge on any atom is 0.319 e. The van der Waals surface area contributed by atoms with E-state index in [9.17, 15) is 17.6 Å². The van der Waals surface area contributed by atoms with Gasteiger partial charge in [0.1, 0.15) is 35.9 Å². The van der Waals surface area contributed by atoms with Crippen molar-refractivity contribution in [3.63, 3.8) is 0 Å². The Hall–Kier alpha value is -4.28. The van der Waals surface area contributed by atoms with Crippen molar-refractivity contribution in [1.29, 1.82) is 0 Å². The van der Waals surface area contributed by atoms with Gasteiger partial charge in [-0.2, -0.15) is 9.97 Å². The van der Waals surface area contributed by atoms with Gasteiger partial charge in [-0.05, 0) is 49.4 Å². The molecule has 238 valence electrons. The number of ether oxygens (including phenoxy) is 2. The Morgan fingerprint density at radius 1 is 1.15 bits per heavy atom. The number of nitrogens with zero attached hydrogens (tertiary/aromatic N) is 5. The van der Waals surface area contributed by atoms with Gasteiger partial charge in [0.05, 0.1) is 25.3 Å². The summed E-state index contributed by atoms with van der Waals surface area (Å²) in [7, 11) is 0. The van der Waals surface area contributed by atoms with Crippen LogP contribution in [0.15, 0.2) is 24.4 Å². The topological polar surface area (TPSA) is 89.6 Å². The van der Waals surface area contributed by atoms with Crippen LogP contribution in [0.3, 0.4) is 0 Å². The number of pyridine rings is 1. The van der Waals surface area contributed by atoms with Crippen molar-refractivity contribution in [3.8, 4) is 29.6 Å². The van der Waals surface area contributed by atoms with Gasteiger partial charge in [-0.25, -0.2) is 22.0 Å². The molecule has 0 unspecified atom stereocenters. The summed E-state index contributed by atoms with van der Waals surface area (Å²) >= 11 is 0. The summed E-state index contributed by atoms with van der Waals surface area (Å²) in [5, 5.41) is 0.170. The monoisotopic (exact) mass is 638 g/mol. The standard InChI is InChI=1S/C33H29F5N6O2/c1-2-19-23-16(10-22(35)24(19)36)9-18(39)11-20(23)27-25(37)28-21(13-40-27)31(44-7-4-8-45-30-26(38)29(30)44)42-32(41-28)46-15-33-5-3-6-43(33)14-17(34)12-33/h1,9-11,13,17,26,29-30H,3-8,12,14-15,39H2/t17-,26-,29+,30-,33+/m1/s1/i15D2. The predicted octanol–water partition coefficient (Wildman–Crippen LogP) is 5.10. The Morgan fingerprint density at radius 2 is 2.00 bits per heavy atom. The lowest BCUT2D eigenvalue weighted by atomic mass is 9.95. The minimum absolute atomic E-state index is 0.00775. The van der Waals surface area contributed by atoms with E-state index < -0.39 is 65.6 Å². The second-order valence-corrected chi connectivity index (χ2v) is 12.3. The zero-order chi connectivity index (χ0) is 33.7. The number of halogens is 5.